The minimum absolute atomic E-state index is 0.0408. The van der Waals surface area contributed by atoms with Crippen LogP contribution in [0.2, 0.25) is 0 Å². The molecule has 0 aliphatic heterocycles. The summed E-state index contributed by atoms with van der Waals surface area (Å²) in [6.45, 7) is 0. The second-order valence-electron chi connectivity index (χ2n) is 4.21. The summed E-state index contributed by atoms with van der Waals surface area (Å²) < 4.78 is 17.6. The lowest BCUT2D eigenvalue weighted by atomic mass is 10.1. The third-order valence-electron chi connectivity index (χ3n) is 2.65. The van der Waals surface area contributed by atoms with Crippen LogP contribution in [0.3, 0.4) is 0 Å². The normalized spacial score (nSPS) is 11.6. The predicted molar refractivity (Wildman–Crippen MR) is 71.2 cm³/mol. The zero-order chi connectivity index (χ0) is 16.0. The standard InChI is InChI=1S/C13H15FN2O5/c1-21-13(20)8-6-7(14)2-4-10(8)16-12(19)9(15)3-5-11(17)18/h2,4,6,9H,3,5,15H2,1H3,(H,16,19)(H,17,18). The summed E-state index contributed by atoms with van der Waals surface area (Å²) in [5.74, 6) is -3.23. The van der Waals surface area contributed by atoms with Gasteiger partial charge in [-0.15, -0.1) is 0 Å². The fourth-order valence-corrected chi connectivity index (χ4v) is 1.54. The highest BCUT2D eigenvalue weighted by atomic mass is 19.1. The van der Waals surface area contributed by atoms with Crippen LogP contribution < -0.4 is 11.1 Å². The van der Waals surface area contributed by atoms with E-state index in [2.05, 4.69) is 10.1 Å². The number of carboxylic acid groups (broad SMARTS) is 1. The summed E-state index contributed by atoms with van der Waals surface area (Å²) in [5, 5.41) is 10.9. The largest absolute Gasteiger partial charge is 0.481 e. The van der Waals surface area contributed by atoms with Gasteiger partial charge in [0.1, 0.15) is 5.82 Å². The highest BCUT2D eigenvalue weighted by Gasteiger charge is 2.19. The number of aliphatic carboxylic acids is 1. The third kappa shape index (κ3) is 4.84. The molecular formula is C13H15FN2O5. The Balaban J connectivity index is 2.84. The van der Waals surface area contributed by atoms with Crippen LogP contribution in [0.25, 0.3) is 0 Å². The van der Waals surface area contributed by atoms with Crippen LogP contribution in [0.15, 0.2) is 18.2 Å². The van der Waals surface area contributed by atoms with E-state index in [0.717, 1.165) is 19.2 Å². The number of methoxy groups -OCH3 is 1. The van der Waals surface area contributed by atoms with Gasteiger partial charge in [0.2, 0.25) is 5.91 Å². The van der Waals surface area contributed by atoms with E-state index in [1.54, 1.807) is 0 Å². The molecule has 0 aliphatic carbocycles. The van der Waals surface area contributed by atoms with Crippen LogP contribution in [0.4, 0.5) is 10.1 Å². The number of carboxylic acids is 1. The highest BCUT2D eigenvalue weighted by molar-refractivity contribution is 6.02. The molecular weight excluding hydrogens is 283 g/mol. The number of nitrogens with one attached hydrogen (secondary N) is 1. The molecule has 1 unspecified atom stereocenters. The molecule has 8 heteroatoms. The van der Waals surface area contributed by atoms with Gasteiger partial charge in [0, 0.05) is 6.42 Å². The number of esters is 1. The van der Waals surface area contributed by atoms with E-state index in [9.17, 15) is 18.8 Å². The Kier molecular flexibility index (Phi) is 5.79. The van der Waals surface area contributed by atoms with Crippen LogP contribution in [-0.2, 0) is 14.3 Å². The molecule has 21 heavy (non-hydrogen) atoms. The van der Waals surface area contributed by atoms with E-state index in [1.165, 1.54) is 6.07 Å². The number of carbonyl (C=O) groups is 3. The highest BCUT2D eigenvalue weighted by Crippen LogP contribution is 2.18. The molecule has 0 aromatic heterocycles. The van der Waals surface area contributed by atoms with Crippen molar-refractivity contribution < 1.29 is 28.6 Å². The molecule has 1 atom stereocenters. The van der Waals surface area contributed by atoms with Gasteiger partial charge in [-0.3, -0.25) is 9.59 Å². The predicted octanol–water partition coefficient (Wildman–Crippen LogP) is 0.743. The molecule has 0 aliphatic rings. The van der Waals surface area contributed by atoms with Crippen molar-refractivity contribution in [2.75, 3.05) is 12.4 Å². The Labute approximate surface area is 119 Å². The molecule has 1 rings (SSSR count). The maximum absolute atomic E-state index is 13.1. The molecule has 0 bridgehead atoms. The first-order valence-corrected chi connectivity index (χ1v) is 6.01. The van der Waals surface area contributed by atoms with Crippen LogP contribution in [0.5, 0.6) is 0 Å². The number of nitrogens with two attached hydrogens (primary N) is 1. The molecule has 114 valence electrons. The van der Waals surface area contributed by atoms with Crippen LogP contribution in [0, 0.1) is 5.82 Å². The number of hydrogen-bond donors (Lipinski definition) is 3. The zero-order valence-electron chi connectivity index (χ0n) is 11.3. The van der Waals surface area contributed by atoms with Crippen molar-refractivity contribution in [3.8, 4) is 0 Å². The van der Waals surface area contributed by atoms with Crippen molar-refractivity contribution in [1.29, 1.82) is 0 Å². The Morgan fingerprint density at radius 1 is 1.43 bits per heavy atom. The van der Waals surface area contributed by atoms with Crippen molar-refractivity contribution in [3.63, 3.8) is 0 Å². The minimum Gasteiger partial charge on any atom is -0.481 e. The lowest BCUT2D eigenvalue weighted by molar-refractivity contribution is -0.137. The number of anilines is 1. The van der Waals surface area contributed by atoms with Crippen molar-refractivity contribution in [2.45, 2.75) is 18.9 Å². The van der Waals surface area contributed by atoms with E-state index < -0.39 is 29.7 Å². The lowest BCUT2D eigenvalue weighted by Crippen LogP contribution is -2.36. The fraction of sp³-hybridized carbons (Fsp3) is 0.308. The first-order valence-electron chi connectivity index (χ1n) is 6.01. The molecule has 4 N–H and O–H groups in total. The monoisotopic (exact) mass is 298 g/mol. The summed E-state index contributed by atoms with van der Waals surface area (Å²) in [7, 11) is 1.12. The average molecular weight is 298 g/mol. The first kappa shape index (κ1) is 16.6. The molecule has 1 aromatic rings. The molecule has 7 nitrogen and oxygen atoms in total. The summed E-state index contributed by atoms with van der Waals surface area (Å²) in [5.41, 5.74) is 5.42. The Morgan fingerprint density at radius 2 is 2.10 bits per heavy atom. The maximum Gasteiger partial charge on any atom is 0.340 e. The van der Waals surface area contributed by atoms with E-state index in [0.29, 0.717) is 0 Å². The van der Waals surface area contributed by atoms with E-state index in [4.69, 9.17) is 10.8 Å². The van der Waals surface area contributed by atoms with Gasteiger partial charge < -0.3 is 20.9 Å². The number of rotatable bonds is 6. The first-order chi connectivity index (χ1) is 9.85. The maximum atomic E-state index is 13.1. The summed E-state index contributed by atoms with van der Waals surface area (Å²) in [6.07, 6.45) is -0.322. The molecule has 0 saturated carbocycles. The average Bonchev–Trinajstić information content (AvgIpc) is 2.45. The number of amides is 1. The molecule has 0 saturated heterocycles. The minimum atomic E-state index is -1.07. The van der Waals surface area contributed by atoms with E-state index in [-0.39, 0.29) is 24.1 Å². The molecule has 0 spiro atoms. The smallest absolute Gasteiger partial charge is 0.340 e. The molecule has 0 radical (unpaired) electrons. The lowest BCUT2D eigenvalue weighted by Gasteiger charge is -2.13. The number of benzene rings is 1. The third-order valence-corrected chi connectivity index (χ3v) is 2.65. The van der Waals surface area contributed by atoms with Crippen molar-refractivity contribution in [3.05, 3.63) is 29.6 Å². The van der Waals surface area contributed by atoms with Gasteiger partial charge in [0.05, 0.1) is 24.4 Å². The second kappa shape index (κ2) is 7.34. The van der Waals surface area contributed by atoms with Crippen molar-refractivity contribution in [1.82, 2.24) is 0 Å². The Bertz CT molecular complexity index is 561. The van der Waals surface area contributed by atoms with Crippen molar-refractivity contribution >= 4 is 23.5 Å². The van der Waals surface area contributed by atoms with E-state index in [1.807, 2.05) is 0 Å². The summed E-state index contributed by atoms with van der Waals surface area (Å²) >= 11 is 0. The Hall–Kier alpha value is -2.48. The van der Waals surface area contributed by atoms with Crippen LogP contribution in [-0.4, -0.2) is 36.1 Å². The van der Waals surface area contributed by atoms with Gasteiger partial charge >= 0.3 is 11.9 Å². The quantitative estimate of drug-likeness (QED) is 0.667. The zero-order valence-corrected chi connectivity index (χ0v) is 11.3. The number of halogens is 1. The number of hydrogen-bond acceptors (Lipinski definition) is 5. The summed E-state index contributed by atoms with van der Waals surface area (Å²) in [4.78, 5) is 33.7. The van der Waals surface area contributed by atoms with Gasteiger partial charge in [-0.05, 0) is 24.6 Å². The van der Waals surface area contributed by atoms with Gasteiger partial charge in [0.15, 0.2) is 0 Å². The number of carbonyl (C=O) groups excluding carboxylic acids is 2. The topological polar surface area (TPSA) is 119 Å². The molecule has 0 fully saturated rings. The van der Waals surface area contributed by atoms with Gasteiger partial charge in [-0.2, -0.15) is 0 Å². The SMILES string of the molecule is COC(=O)c1cc(F)ccc1NC(=O)C(N)CCC(=O)O. The van der Waals surface area contributed by atoms with Crippen LogP contribution >= 0.6 is 0 Å². The van der Waals surface area contributed by atoms with Gasteiger partial charge in [-0.1, -0.05) is 0 Å². The summed E-state index contributed by atoms with van der Waals surface area (Å²) in [6, 6.07) is 2.12. The van der Waals surface area contributed by atoms with Crippen LogP contribution in [0.1, 0.15) is 23.2 Å². The fourth-order valence-electron chi connectivity index (χ4n) is 1.54. The van der Waals surface area contributed by atoms with Gasteiger partial charge in [-0.25, -0.2) is 9.18 Å². The molecule has 1 aromatic carbocycles. The second-order valence-corrected chi connectivity index (χ2v) is 4.21. The van der Waals surface area contributed by atoms with Crippen molar-refractivity contribution in [2.24, 2.45) is 5.73 Å². The Morgan fingerprint density at radius 3 is 2.67 bits per heavy atom. The molecule has 1 amide bonds. The molecule has 0 heterocycles. The van der Waals surface area contributed by atoms with Gasteiger partial charge in [0.25, 0.3) is 0 Å². The van der Waals surface area contributed by atoms with E-state index >= 15 is 0 Å². The number of ether oxygens (including phenoxy) is 1.